The third-order valence-corrected chi connectivity index (χ3v) is 6.28. The van der Waals surface area contributed by atoms with Crippen molar-refractivity contribution in [2.75, 3.05) is 20.2 Å². The molecule has 0 saturated carbocycles. The molecule has 4 rings (SSSR count). The third kappa shape index (κ3) is 12.3. The van der Waals surface area contributed by atoms with Crippen molar-refractivity contribution in [3.63, 3.8) is 0 Å². The van der Waals surface area contributed by atoms with Gasteiger partial charge in [0.25, 0.3) is 0 Å². The summed E-state index contributed by atoms with van der Waals surface area (Å²) in [6.45, 7) is 24.2. The van der Waals surface area contributed by atoms with Crippen molar-refractivity contribution in [3.8, 4) is 11.4 Å². The van der Waals surface area contributed by atoms with E-state index in [0.717, 1.165) is 53.5 Å². The molecular weight excluding hydrogens is 553 g/mol. The van der Waals surface area contributed by atoms with Gasteiger partial charge in [-0.25, -0.2) is 9.37 Å². The summed E-state index contributed by atoms with van der Waals surface area (Å²) in [5, 5.41) is 1.90. The Hall–Kier alpha value is -3.94. The molecule has 1 amide bonds. The minimum absolute atomic E-state index is 0.0131. The fourth-order valence-corrected chi connectivity index (χ4v) is 4.02. The van der Waals surface area contributed by atoms with Crippen LogP contribution in [0.3, 0.4) is 0 Å². The zero-order valence-corrected chi connectivity index (χ0v) is 29.0. The second kappa shape index (κ2) is 21.7. The normalized spacial score (nSPS) is 16.1. The van der Waals surface area contributed by atoms with Crippen LogP contribution in [-0.2, 0) is 4.79 Å². The van der Waals surface area contributed by atoms with Crippen LogP contribution in [0.2, 0.25) is 0 Å². The van der Waals surface area contributed by atoms with Gasteiger partial charge in [0.15, 0.2) is 0 Å². The molecule has 0 spiro atoms. The number of amidine groups is 1. The van der Waals surface area contributed by atoms with E-state index in [0.29, 0.717) is 13.0 Å². The number of methoxy groups -OCH3 is 1. The van der Waals surface area contributed by atoms with Crippen LogP contribution in [0.4, 0.5) is 4.39 Å². The number of carbonyl (C=O) groups is 1. The van der Waals surface area contributed by atoms with Gasteiger partial charge in [0, 0.05) is 19.2 Å². The lowest BCUT2D eigenvalue weighted by molar-refractivity contribution is -0.131. The first-order valence-corrected chi connectivity index (χ1v) is 15.8. The van der Waals surface area contributed by atoms with Gasteiger partial charge < -0.3 is 9.30 Å². The fraction of sp³-hybridized carbons (Fsp3) is 0.472. The van der Waals surface area contributed by atoms with Gasteiger partial charge in [0.2, 0.25) is 5.91 Å². The highest BCUT2D eigenvalue weighted by Crippen LogP contribution is 2.29. The van der Waals surface area contributed by atoms with E-state index in [4.69, 9.17) is 9.73 Å². The molecule has 44 heavy (non-hydrogen) atoms. The molecular formula is C36H56FN5O2. The average Bonchev–Trinajstić information content (AvgIpc) is 3.44. The summed E-state index contributed by atoms with van der Waals surface area (Å²) in [6, 6.07) is 6.13. The van der Waals surface area contributed by atoms with Crippen LogP contribution in [0.1, 0.15) is 92.8 Å². The highest BCUT2D eigenvalue weighted by atomic mass is 19.1. The number of amides is 1. The first-order valence-electron chi connectivity index (χ1n) is 15.8. The predicted molar refractivity (Wildman–Crippen MR) is 186 cm³/mol. The van der Waals surface area contributed by atoms with Crippen LogP contribution in [0, 0.1) is 12.3 Å². The second-order valence-electron chi connectivity index (χ2n) is 9.85. The molecule has 0 atom stereocenters. The molecule has 2 aliphatic rings. The molecule has 1 saturated heterocycles. The summed E-state index contributed by atoms with van der Waals surface area (Å²) >= 11 is 0. The van der Waals surface area contributed by atoms with Crippen LogP contribution in [0.15, 0.2) is 78.0 Å². The number of hydrogen-bond acceptors (Lipinski definition) is 5. The number of benzene rings is 1. The number of imidazole rings is 1. The minimum Gasteiger partial charge on any atom is -0.495 e. The van der Waals surface area contributed by atoms with E-state index in [2.05, 4.69) is 29.1 Å². The van der Waals surface area contributed by atoms with Crippen molar-refractivity contribution in [2.45, 2.75) is 88.5 Å². The molecule has 244 valence electrons. The summed E-state index contributed by atoms with van der Waals surface area (Å²) in [5.41, 5.74) is 6.59. The largest absolute Gasteiger partial charge is 0.495 e. The van der Waals surface area contributed by atoms with Crippen LogP contribution in [0.25, 0.3) is 11.8 Å². The topological polar surface area (TPSA) is 71.8 Å². The summed E-state index contributed by atoms with van der Waals surface area (Å²) in [4.78, 5) is 21.5. The van der Waals surface area contributed by atoms with Crippen LogP contribution < -0.4 is 10.2 Å². The van der Waals surface area contributed by atoms with E-state index in [1.807, 2.05) is 90.2 Å². The van der Waals surface area contributed by atoms with Crippen LogP contribution in [-0.4, -0.2) is 46.5 Å². The Labute approximate surface area is 266 Å². The highest BCUT2D eigenvalue weighted by molar-refractivity contribution is 6.04. The third-order valence-electron chi connectivity index (χ3n) is 6.28. The smallest absolute Gasteiger partial charge is 0.246 e. The number of nitrogens with one attached hydrogen (secondary N) is 1. The number of halogens is 1. The first-order chi connectivity index (χ1) is 21.2. The number of piperidine rings is 1. The van der Waals surface area contributed by atoms with Crippen molar-refractivity contribution < 1.29 is 13.9 Å². The standard InChI is InChI=1S/C22H27N5O2.C8H11F.3C2H6/c1-15-12-26(14-24-15)18-8-7-16(11-19(18)29-4)10-17-6-5-9-27-20(17)23-13-22(2,3)21(28)25-27;1-3-5-6-7-8(9)4-2;3*1-2/h7-8,10-12,14H,5-6,9,13H2,1-4H3,(H,25,28);3-6H,1,7H2,2H3;3*1-2H3/b17-10+;6-5?,8-4+;;;. The van der Waals surface area contributed by atoms with Gasteiger partial charge in [-0.05, 0) is 69.9 Å². The molecule has 0 bridgehead atoms. The molecule has 3 heterocycles. The predicted octanol–water partition coefficient (Wildman–Crippen LogP) is 9.21. The molecule has 1 fully saturated rings. The Morgan fingerprint density at radius 2 is 1.86 bits per heavy atom. The molecule has 1 aromatic carbocycles. The van der Waals surface area contributed by atoms with Crippen molar-refractivity contribution in [1.82, 2.24) is 20.0 Å². The van der Waals surface area contributed by atoms with Gasteiger partial charge in [-0.1, -0.05) is 78.5 Å². The zero-order chi connectivity index (χ0) is 33.7. The van der Waals surface area contributed by atoms with E-state index >= 15 is 0 Å². The summed E-state index contributed by atoms with van der Waals surface area (Å²) < 4.78 is 19.8. The van der Waals surface area contributed by atoms with E-state index < -0.39 is 5.41 Å². The quantitative estimate of drug-likeness (QED) is 0.332. The number of aromatic nitrogens is 2. The van der Waals surface area contributed by atoms with Crippen molar-refractivity contribution in [2.24, 2.45) is 10.4 Å². The lowest BCUT2D eigenvalue weighted by atomic mass is 9.93. The lowest BCUT2D eigenvalue weighted by Gasteiger charge is -2.31. The molecule has 2 aromatic rings. The van der Waals surface area contributed by atoms with E-state index in [-0.39, 0.29) is 11.7 Å². The SMILES string of the molecule is C=CC=CC/C(F)=C\C.CC.CC.CC.COc1cc(/C=C2\CCCN3NC(=O)C(C)(C)CN=C23)ccc1-n1cnc(C)c1. The molecule has 1 N–H and O–H groups in total. The minimum atomic E-state index is -0.511. The van der Waals surface area contributed by atoms with Gasteiger partial charge in [-0.3, -0.25) is 20.2 Å². The Balaban J connectivity index is 0.00000105. The lowest BCUT2D eigenvalue weighted by Crippen LogP contribution is -2.51. The number of fused-ring (bicyclic) bond motifs is 1. The van der Waals surface area contributed by atoms with E-state index in [1.54, 1.807) is 38.6 Å². The number of ether oxygens (including phenoxy) is 1. The number of hydrogen-bond donors (Lipinski definition) is 1. The second-order valence-corrected chi connectivity index (χ2v) is 9.85. The first kappa shape index (κ1) is 40.1. The van der Waals surface area contributed by atoms with Crippen molar-refractivity contribution in [3.05, 3.63) is 84.3 Å². The molecule has 2 aliphatic heterocycles. The molecule has 0 aliphatic carbocycles. The number of hydrazine groups is 1. The van der Waals surface area contributed by atoms with Crippen LogP contribution >= 0.6 is 0 Å². The van der Waals surface area contributed by atoms with Gasteiger partial charge in [-0.15, -0.1) is 0 Å². The highest BCUT2D eigenvalue weighted by Gasteiger charge is 2.34. The van der Waals surface area contributed by atoms with Gasteiger partial charge >= 0.3 is 0 Å². The maximum atomic E-state index is 12.4. The maximum Gasteiger partial charge on any atom is 0.246 e. The number of aliphatic imine (C=N–C) groups is 1. The van der Waals surface area contributed by atoms with E-state index in [1.165, 1.54) is 6.08 Å². The van der Waals surface area contributed by atoms with Crippen molar-refractivity contribution >= 4 is 17.8 Å². The Morgan fingerprint density at radius 1 is 1.18 bits per heavy atom. The van der Waals surface area contributed by atoms with E-state index in [9.17, 15) is 9.18 Å². The summed E-state index contributed by atoms with van der Waals surface area (Å²) in [5.74, 6) is 1.55. The Kier molecular flexibility index (Phi) is 19.8. The summed E-state index contributed by atoms with van der Waals surface area (Å²) in [7, 11) is 1.68. The van der Waals surface area contributed by atoms with Gasteiger partial charge in [-0.2, -0.15) is 0 Å². The fourth-order valence-electron chi connectivity index (χ4n) is 4.02. The number of carbonyl (C=O) groups excluding carboxylic acids is 1. The average molecular weight is 610 g/mol. The van der Waals surface area contributed by atoms with Gasteiger partial charge in [0.1, 0.15) is 11.6 Å². The number of aryl methyl sites for hydroxylation is 1. The van der Waals surface area contributed by atoms with Gasteiger partial charge in [0.05, 0.1) is 42.6 Å². The number of allylic oxidation sites excluding steroid dienone is 5. The molecule has 1 aromatic heterocycles. The Morgan fingerprint density at radius 3 is 2.43 bits per heavy atom. The molecule has 8 heteroatoms. The molecule has 0 unspecified atom stereocenters. The molecule has 0 radical (unpaired) electrons. The van der Waals surface area contributed by atoms with Crippen LogP contribution in [0.5, 0.6) is 5.75 Å². The maximum absolute atomic E-state index is 12.4. The summed E-state index contributed by atoms with van der Waals surface area (Å²) in [6.07, 6.45) is 14.7. The molecule has 7 nitrogen and oxygen atoms in total. The number of rotatable bonds is 6. The monoisotopic (exact) mass is 609 g/mol. The zero-order valence-electron chi connectivity index (χ0n) is 29.0. The number of nitrogens with zero attached hydrogens (tertiary/aromatic N) is 4. The van der Waals surface area contributed by atoms with Crippen molar-refractivity contribution in [1.29, 1.82) is 0 Å². The Bertz CT molecular complexity index is 1270.